The van der Waals surface area contributed by atoms with Crippen molar-refractivity contribution >= 4 is 45.4 Å². The van der Waals surface area contributed by atoms with Crippen LogP contribution in [-0.4, -0.2) is 18.3 Å². The number of para-hydroxylation sites is 2. The molecule has 2 nitrogen and oxygen atoms in total. The third-order valence-corrected chi connectivity index (χ3v) is 10.4. The third kappa shape index (κ3) is 3.82. The summed E-state index contributed by atoms with van der Waals surface area (Å²) in [5.41, 5.74) is 19.0. The second-order valence-corrected chi connectivity index (χ2v) is 12.9. The van der Waals surface area contributed by atoms with Gasteiger partial charge < -0.3 is 9.47 Å². The van der Waals surface area contributed by atoms with Gasteiger partial charge >= 0.3 is 0 Å². The lowest BCUT2D eigenvalue weighted by molar-refractivity contribution is 1.13. The molecule has 0 amide bonds. The molecule has 0 aliphatic carbocycles. The average Bonchev–Trinajstić information content (AvgIpc) is 3.52. The van der Waals surface area contributed by atoms with Gasteiger partial charge in [-0.05, 0) is 68.0 Å². The highest BCUT2D eigenvalue weighted by molar-refractivity contribution is 7.00. The van der Waals surface area contributed by atoms with Crippen molar-refractivity contribution in [1.82, 2.24) is 4.57 Å². The molecule has 0 fully saturated rings. The standard InChI is InChI=1S/C45H31BN2/c1-47-39-27-14-13-25-37(39)46-38-26-15-24-36-42(31-18-7-3-8-19-31)44(32-20-9-4-10-21-32)48(45(36)38)41-29-33(28-40(47)43(41)46)35-23-12-11-22-34(35)30-16-5-2-6-17-30/h2-29H,1H3. The van der Waals surface area contributed by atoms with Crippen molar-refractivity contribution in [2.75, 3.05) is 11.9 Å². The van der Waals surface area contributed by atoms with E-state index < -0.39 is 0 Å². The summed E-state index contributed by atoms with van der Waals surface area (Å²) in [5.74, 6) is 0. The number of hydrogen-bond donors (Lipinski definition) is 0. The highest BCUT2D eigenvalue weighted by Crippen LogP contribution is 2.46. The van der Waals surface area contributed by atoms with Gasteiger partial charge in [-0.25, -0.2) is 0 Å². The summed E-state index contributed by atoms with van der Waals surface area (Å²) >= 11 is 0. The molecule has 3 heteroatoms. The first-order valence-corrected chi connectivity index (χ1v) is 16.7. The van der Waals surface area contributed by atoms with Gasteiger partial charge in [-0.1, -0.05) is 152 Å². The Bertz CT molecular complexity index is 2520. The Morgan fingerprint density at radius 1 is 0.438 bits per heavy atom. The van der Waals surface area contributed by atoms with Crippen LogP contribution in [0.4, 0.5) is 11.4 Å². The molecule has 0 saturated carbocycles. The fraction of sp³-hybridized carbons (Fsp3) is 0.0222. The van der Waals surface area contributed by atoms with Gasteiger partial charge in [-0.3, -0.25) is 0 Å². The van der Waals surface area contributed by atoms with E-state index in [2.05, 4.69) is 186 Å². The Kier molecular flexibility index (Phi) is 5.92. The minimum absolute atomic E-state index is 0.124. The third-order valence-electron chi connectivity index (χ3n) is 10.4. The highest BCUT2D eigenvalue weighted by Gasteiger charge is 2.42. The van der Waals surface area contributed by atoms with Crippen LogP contribution in [0.3, 0.4) is 0 Å². The molecule has 0 saturated heterocycles. The number of fused-ring (bicyclic) bond motifs is 4. The van der Waals surface area contributed by atoms with E-state index in [1.807, 2.05) is 0 Å². The monoisotopic (exact) mass is 610 g/mol. The smallest absolute Gasteiger partial charge is 0.252 e. The van der Waals surface area contributed by atoms with E-state index in [1.165, 1.54) is 89.0 Å². The summed E-state index contributed by atoms with van der Waals surface area (Å²) < 4.78 is 2.59. The zero-order chi connectivity index (χ0) is 31.8. The zero-order valence-corrected chi connectivity index (χ0v) is 26.6. The van der Waals surface area contributed by atoms with Crippen LogP contribution in [0.25, 0.3) is 61.2 Å². The first-order valence-electron chi connectivity index (χ1n) is 16.7. The van der Waals surface area contributed by atoms with E-state index in [4.69, 9.17) is 0 Å². The van der Waals surface area contributed by atoms with Gasteiger partial charge in [0.25, 0.3) is 6.71 Å². The molecule has 3 heterocycles. The molecule has 224 valence electrons. The Morgan fingerprint density at radius 2 is 1.00 bits per heavy atom. The molecule has 0 unspecified atom stereocenters. The first-order chi connectivity index (χ1) is 23.8. The Morgan fingerprint density at radius 3 is 1.73 bits per heavy atom. The molecule has 0 N–H and O–H groups in total. The molecule has 7 aromatic carbocycles. The van der Waals surface area contributed by atoms with Crippen molar-refractivity contribution in [2.24, 2.45) is 0 Å². The molecule has 0 spiro atoms. The van der Waals surface area contributed by atoms with Gasteiger partial charge in [0.15, 0.2) is 0 Å². The van der Waals surface area contributed by atoms with E-state index in [1.54, 1.807) is 0 Å². The normalized spacial score (nSPS) is 12.6. The summed E-state index contributed by atoms with van der Waals surface area (Å²) in [4.78, 5) is 2.41. The molecule has 0 bridgehead atoms. The van der Waals surface area contributed by atoms with Crippen LogP contribution in [0, 0.1) is 0 Å². The maximum absolute atomic E-state index is 2.59. The van der Waals surface area contributed by atoms with Gasteiger partial charge in [-0.2, -0.15) is 0 Å². The lowest BCUT2D eigenvalue weighted by Crippen LogP contribution is -2.60. The highest BCUT2D eigenvalue weighted by atomic mass is 15.1. The van der Waals surface area contributed by atoms with Crippen LogP contribution in [0.5, 0.6) is 0 Å². The van der Waals surface area contributed by atoms with Crippen molar-refractivity contribution in [1.29, 1.82) is 0 Å². The van der Waals surface area contributed by atoms with Crippen LogP contribution in [0.2, 0.25) is 0 Å². The maximum Gasteiger partial charge on any atom is 0.252 e. The molecule has 0 radical (unpaired) electrons. The minimum atomic E-state index is 0.124. The van der Waals surface area contributed by atoms with Gasteiger partial charge in [0.05, 0.1) is 5.69 Å². The lowest BCUT2D eigenvalue weighted by atomic mass is 9.34. The fourth-order valence-electron chi connectivity index (χ4n) is 8.39. The SMILES string of the molecule is CN1c2ccccc2B2c3c1cc(-c1ccccc1-c1ccccc1)cc3-n1c(-c3ccccc3)c(-c3ccccc3)c3cccc2c31. The molecular formula is C45H31BN2. The van der Waals surface area contributed by atoms with Gasteiger partial charge in [0.1, 0.15) is 0 Å². The van der Waals surface area contributed by atoms with Gasteiger partial charge in [-0.15, -0.1) is 0 Å². The van der Waals surface area contributed by atoms with Gasteiger partial charge in [0, 0.05) is 40.6 Å². The molecular weight excluding hydrogens is 579 g/mol. The maximum atomic E-state index is 2.59. The number of anilines is 2. The van der Waals surface area contributed by atoms with E-state index in [0.717, 1.165) is 0 Å². The van der Waals surface area contributed by atoms with Crippen LogP contribution in [0.1, 0.15) is 0 Å². The summed E-state index contributed by atoms with van der Waals surface area (Å²) in [7, 11) is 2.23. The van der Waals surface area contributed by atoms with Crippen LogP contribution in [-0.2, 0) is 0 Å². The summed E-state index contributed by atoms with van der Waals surface area (Å²) in [6, 6.07) is 62.3. The lowest BCUT2D eigenvalue weighted by Gasteiger charge is -2.39. The Labute approximate surface area is 281 Å². The van der Waals surface area contributed by atoms with Gasteiger partial charge in [0.2, 0.25) is 0 Å². The molecule has 1 aromatic heterocycles. The molecule has 2 aliphatic heterocycles. The quantitative estimate of drug-likeness (QED) is 0.181. The second kappa shape index (κ2) is 10.5. The van der Waals surface area contributed by atoms with Crippen LogP contribution < -0.4 is 21.3 Å². The predicted molar refractivity (Wildman–Crippen MR) is 204 cm³/mol. The molecule has 10 rings (SSSR count). The first kappa shape index (κ1) is 27.1. The van der Waals surface area contributed by atoms with Crippen molar-refractivity contribution in [2.45, 2.75) is 0 Å². The summed E-state index contributed by atoms with van der Waals surface area (Å²) in [6.45, 7) is 0.124. The largest absolute Gasteiger partial charge is 0.345 e. The fourth-order valence-corrected chi connectivity index (χ4v) is 8.39. The Balaban J connectivity index is 1.38. The summed E-state index contributed by atoms with van der Waals surface area (Å²) in [6.07, 6.45) is 0. The van der Waals surface area contributed by atoms with Crippen molar-refractivity contribution < 1.29 is 0 Å². The van der Waals surface area contributed by atoms with E-state index in [9.17, 15) is 0 Å². The molecule has 8 aromatic rings. The average molecular weight is 611 g/mol. The number of benzene rings is 7. The zero-order valence-electron chi connectivity index (χ0n) is 26.6. The summed E-state index contributed by atoms with van der Waals surface area (Å²) in [5, 5.41) is 1.29. The molecule has 48 heavy (non-hydrogen) atoms. The minimum Gasteiger partial charge on any atom is -0.345 e. The topological polar surface area (TPSA) is 8.17 Å². The number of hydrogen-bond acceptors (Lipinski definition) is 1. The second-order valence-electron chi connectivity index (χ2n) is 12.9. The van der Waals surface area contributed by atoms with Crippen molar-refractivity contribution in [3.05, 3.63) is 170 Å². The van der Waals surface area contributed by atoms with E-state index in [0.29, 0.717) is 0 Å². The number of nitrogens with zero attached hydrogens (tertiary/aromatic N) is 2. The molecule has 2 aliphatic rings. The number of aromatic nitrogens is 1. The van der Waals surface area contributed by atoms with E-state index in [-0.39, 0.29) is 6.71 Å². The predicted octanol–water partition coefficient (Wildman–Crippen LogP) is 9.21. The van der Waals surface area contributed by atoms with Crippen LogP contribution >= 0.6 is 0 Å². The Hall–Kier alpha value is -6.06. The van der Waals surface area contributed by atoms with Crippen molar-refractivity contribution in [3.8, 4) is 50.3 Å². The van der Waals surface area contributed by atoms with E-state index >= 15 is 0 Å². The van der Waals surface area contributed by atoms with Crippen LogP contribution in [0.15, 0.2) is 170 Å². The number of rotatable bonds is 4. The van der Waals surface area contributed by atoms with Crippen molar-refractivity contribution in [3.63, 3.8) is 0 Å². The molecule has 0 atom stereocenters.